The molecule has 106 valence electrons. The molecule has 0 aliphatic heterocycles. The first-order valence-corrected chi connectivity index (χ1v) is 7.12. The summed E-state index contributed by atoms with van der Waals surface area (Å²) in [6.07, 6.45) is 3.81. The highest BCUT2D eigenvalue weighted by Gasteiger charge is 2.13. The Balaban J connectivity index is 2.28. The summed E-state index contributed by atoms with van der Waals surface area (Å²) in [5.74, 6) is 0.911. The molecule has 0 aliphatic carbocycles. The molecule has 0 aliphatic rings. The molecule has 0 radical (unpaired) electrons. The van der Waals surface area contributed by atoms with E-state index < -0.39 is 0 Å². The molecular formula is C17H22N2O. The number of nitrogens with zero attached hydrogens (tertiary/aromatic N) is 1. The molecule has 0 saturated heterocycles. The van der Waals surface area contributed by atoms with Gasteiger partial charge in [0.25, 0.3) is 0 Å². The number of aryl methyl sites for hydroxylation is 1. The van der Waals surface area contributed by atoms with Gasteiger partial charge >= 0.3 is 0 Å². The first-order valence-electron chi connectivity index (χ1n) is 7.12. The molecule has 1 aromatic carbocycles. The number of aromatic nitrogens is 1. The van der Waals surface area contributed by atoms with Crippen LogP contribution in [0.2, 0.25) is 0 Å². The molecule has 0 fully saturated rings. The van der Waals surface area contributed by atoms with E-state index in [0.717, 1.165) is 12.3 Å². The summed E-state index contributed by atoms with van der Waals surface area (Å²) in [6.45, 7) is 7.78. The van der Waals surface area contributed by atoms with E-state index in [2.05, 4.69) is 42.3 Å². The van der Waals surface area contributed by atoms with Crippen LogP contribution in [0.4, 0.5) is 0 Å². The molecule has 2 rings (SSSR count). The second-order valence-corrected chi connectivity index (χ2v) is 4.79. The zero-order valence-corrected chi connectivity index (χ0v) is 12.4. The Morgan fingerprint density at radius 1 is 1.10 bits per heavy atom. The first kappa shape index (κ1) is 14.5. The summed E-state index contributed by atoms with van der Waals surface area (Å²) in [5, 5.41) is 3.51. The SMILES string of the molecule is CCNC(c1ccc(OCC)cc1)c1cncc(C)c1. The van der Waals surface area contributed by atoms with Crippen LogP contribution in [0.15, 0.2) is 42.7 Å². The third-order valence-corrected chi connectivity index (χ3v) is 3.16. The van der Waals surface area contributed by atoms with Crippen LogP contribution in [0.25, 0.3) is 0 Å². The lowest BCUT2D eigenvalue weighted by atomic mass is 9.99. The molecule has 1 atom stereocenters. The zero-order valence-electron chi connectivity index (χ0n) is 12.4. The molecule has 0 saturated carbocycles. The van der Waals surface area contributed by atoms with E-state index in [1.165, 1.54) is 16.7 Å². The van der Waals surface area contributed by atoms with Crippen molar-refractivity contribution in [3.8, 4) is 5.75 Å². The van der Waals surface area contributed by atoms with Gasteiger partial charge in [0.15, 0.2) is 0 Å². The normalized spacial score (nSPS) is 12.2. The minimum absolute atomic E-state index is 0.170. The van der Waals surface area contributed by atoms with Crippen molar-refractivity contribution in [1.82, 2.24) is 10.3 Å². The molecule has 3 nitrogen and oxygen atoms in total. The number of pyridine rings is 1. The van der Waals surface area contributed by atoms with Crippen molar-refractivity contribution in [3.63, 3.8) is 0 Å². The maximum Gasteiger partial charge on any atom is 0.119 e. The number of ether oxygens (including phenoxy) is 1. The van der Waals surface area contributed by atoms with E-state index in [0.29, 0.717) is 6.61 Å². The van der Waals surface area contributed by atoms with Gasteiger partial charge in [-0.2, -0.15) is 0 Å². The van der Waals surface area contributed by atoms with Crippen LogP contribution in [0.5, 0.6) is 5.75 Å². The molecule has 0 amide bonds. The van der Waals surface area contributed by atoms with Crippen LogP contribution in [0, 0.1) is 6.92 Å². The third kappa shape index (κ3) is 3.58. The Kier molecular flexibility index (Phi) is 5.13. The van der Waals surface area contributed by atoms with Gasteiger partial charge in [-0.15, -0.1) is 0 Å². The zero-order chi connectivity index (χ0) is 14.4. The Bertz CT molecular complexity index is 537. The number of hydrogen-bond acceptors (Lipinski definition) is 3. The summed E-state index contributed by atoms with van der Waals surface area (Å²) in [4.78, 5) is 4.30. The van der Waals surface area contributed by atoms with Gasteiger partial charge in [0, 0.05) is 12.4 Å². The van der Waals surface area contributed by atoms with E-state index >= 15 is 0 Å². The second-order valence-electron chi connectivity index (χ2n) is 4.79. The highest BCUT2D eigenvalue weighted by atomic mass is 16.5. The molecule has 2 aromatic rings. The van der Waals surface area contributed by atoms with Gasteiger partial charge in [0.1, 0.15) is 5.75 Å². The van der Waals surface area contributed by atoms with Crippen molar-refractivity contribution in [3.05, 3.63) is 59.4 Å². The maximum atomic E-state index is 5.49. The average Bonchev–Trinajstić information content (AvgIpc) is 2.46. The van der Waals surface area contributed by atoms with Crippen LogP contribution < -0.4 is 10.1 Å². The van der Waals surface area contributed by atoms with Gasteiger partial charge in [-0.25, -0.2) is 0 Å². The lowest BCUT2D eigenvalue weighted by molar-refractivity contribution is 0.340. The van der Waals surface area contributed by atoms with Crippen molar-refractivity contribution in [2.45, 2.75) is 26.8 Å². The van der Waals surface area contributed by atoms with Crippen LogP contribution in [-0.2, 0) is 0 Å². The second kappa shape index (κ2) is 7.06. The molecule has 20 heavy (non-hydrogen) atoms. The van der Waals surface area contributed by atoms with Crippen molar-refractivity contribution >= 4 is 0 Å². The number of hydrogen-bond donors (Lipinski definition) is 1. The van der Waals surface area contributed by atoms with Crippen molar-refractivity contribution < 1.29 is 4.74 Å². The molecule has 1 aromatic heterocycles. The minimum atomic E-state index is 0.170. The Hall–Kier alpha value is -1.87. The predicted molar refractivity (Wildman–Crippen MR) is 82.1 cm³/mol. The summed E-state index contributed by atoms with van der Waals surface area (Å²) < 4.78 is 5.49. The largest absolute Gasteiger partial charge is 0.494 e. The molecule has 1 unspecified atom stereocenters. The van der Waals surface area contributed by atoms with Gasteiger partial charge in [-0.1, -0.05) is 25.1 Å². The highest BCUT2D eigenvalue weighted by Crippen LogP contribution is 2.24. The molecule has 1 N–H and O–H groups in total. The summed E-state index contributed by atoms with van der Waals surface area (Å²) in [5.41, 5.74) is 3.59. The maximum absolute atomic E-state index is 5.49. The van der Waals surface area contributed by atoms with Crippen molar-refractivity contribution in [2.24, 2.45) is 0 Å². The van der Waals surface area contributed by atoms with Crippen LogP contribution in [-0.4, -0.2) is 18.1 Å². The lowest BCUT2D eigenvalue weighted by Gasteiger charge is -2.19. The van der Waals surface area contributed by atoms with Gasteiger partial charge in [-0.3, -0.25) is 4.98 Å². The number of rotatable bonds is 6. The van der Waals surface area contributed by atoms with Crippen LogP contribution in [0.1, 0.15) is 36.6 Å². The smallest absolute Gasteiger partial charge is 0.119 e. The Morgan fingerprint density at radius 3 is 2.45 bits per heavy atom. The fourth-order valence-corrected chi connectivity index (χ4v) is 2.29. The Labute approximate surface area is 121 Å². The van der Waals surface area contributed by atoms with Gasteiger partial charge in [-0.05, 0) is 49.2 Å². The molecule has 1 heterocycles. The van der Waals surface area contributed by atoms with E-state index in [9.17, 15) is 0 Å². The molecular weight excluding hydrogens is 248 g/mol. The summed E-state index contributed by atoms with van der Waals surface area (Å²) >= 11 is 0. The quantitative estimate of drug-likeness (QED) is 0.872. The van der Waals surface area contributed by atoms with Gasteiger partial charge in [0.05, 0.1) is 12.6 Å². The standard InChI is InChI=1S/C17H22N2O/c1-4-19-17(15-10-13(3)11-18-12-15)14-6-8-16(9-7-14)20-5-2/h6-12,17,19H,4-5H2,1-3H3. The third-order valence-electron chi connectivity index (χ3n) is 3.16. The number of nitrogens with one attached hydrogen (secondary N) is 1. The first-order chi connectivity index (χ1) is 9.74. The summed E-state index contributed by atoms with van der Waals surface area (Å²) in [7, 11) is 0. The van der Waals surface area contributed by atoms with E-state index in [1.54, 1.807) is 0 Å². The average molecular weight is 270 g/mol. The van der Waals surface area contributed by atoms with E-state index in [1.807, 2.05) is 31.5 Å². The molecule has 0 spiro atoms. The molecule has 3 heteroatoms. The fraction of sp³-hybridized carbons (Fsp3) is 0.353. The minimum Gasteiger partial charge on any atom is -0.494 e. The van der Waals surface area contributed by atoms with Crippen molar-refractivity contribution in [1.29, 1.82) is 0 Å². The van der Waals surface area contributed by atoms with Crippen LogP contribution in [0.3, 0.4) is 0 Å². The van der Waals surface area contributed by atoms with Crippen LogP contribution >= 0.6 is 0 Å². The van der Waals surface area contributed by atoms with E-state index in [-0.39, 0.29) is 6.04 Å². The number of benzene rings is 1. The Morgan fingerprint density at radius 2 is 1.85 bits per heavy atom. The summed E-state index contributed by atoms with van der Waals surface area (Å²) in [6, 6.07) is 10.6. The van der Waals surface area contributed by atoms with Gasteiger partial charge < -0.3 is 10.1 Å². The monoisotopic (exact) mass is 270 g/mol. The molecule has 0 bridgehead atoms. The predicted octanol–water partition coefficient (Wildman–Crippen LogP) is 3.49. The van der Waals surface area contributed by atoms with E-state index in [4.69, 9.17) is 4.74 Å². The van der Waals surface area contributed by atoms with Crippen molar-refractivity contribution in [2.75, 3.05) is 13.2 Å². The highest BCUT2D eigenvalue weighted by molar-refractivity contribution is 5.35. The topological polar surface area (TPSA) is 34.1 Å². The fourth-order valence-electron chi connectivity index (χ4n) is 2.29. The van der Waals surface area contributed by atoms with Gasteiger partial charge in [0.2, 0.25) is 0 Å². The lowest BCUT2D eigenvalue weighted by Crippen LogP contribution is -2.22.